The number of aromatic nitrogens is 3. The lowest BCUT2D eigenvalue weighted by molar-refractivity contribution is 0.331. The van der Waals surface area contributed by atoms with Gasteiger partial charge in [-0.05, 0) is 37.2 Å². The summed E-state index contributed by atoms with van der Waals surface area (Å²) < 4.78 is 2.40. The largest absolute Gasteiger partial charge is 0.323 e. The molecule has 3 atom stereocenters. The van der Waals surface area contributed by atoms with Crippen molar-refractivity contribution in [2.24, 2.45) is 11.8 Å². The fourth-order valence-electron chi connectivity index (χ4n) is 3.99. The van der Waals surface area contributed by atoms with Crippen molar-refractivity contribution in [3.8, 4) is 0 Å². The molecule has 2 bridgehead atoms. The minimum Gasteiger partial charge on any atom is -0.323 e. The van der Waals surface area contributed by atoms with Gasteiger partial charge >= 0.3 is 0 Å². The van der Waals surface area contributed by atoms with Gasteiger partial charge in [0.05, 0.1) is 17.6 Å². The molecule has 2 saturated carbocycles. The second-order valence-electron chi connectivity index (χ2n) is 5.64. The molecule has 0 amide bonds. The summed E-state index contributed by atoms with van der Waals surface area (Å²) in [7, 11) is 0. The predicted molar refractivity (Wildman–Crippen MR) is 71.6 cm³/mol. The monoisotopic (exact) mass is 261 g/mol. The van der Waals surface area contributed by atoms with Crippen molar-refractivity contribution in [1.29, 1.82) is 0 Å². The van der Waals surface area contributed by atoms with Gasteiger partial charge < -0.3 is 4.57 Å². The SMILES string of the molecule is ClCc1nc2cnccc2n1C1CC2CCC1C2. The Kier molecular flexibility index (Phi) is 2.37. The maximum absolute atomic E-state index is 6.08. The van der Waals surface area contributed by atoms with Crippen LogP contribution in [0.5, 0.6) is 0 Å². The van der Waals surface area contributed by atoms with Crippen LogP contribution in [0.3, 0.4) is 0 Å². The molecule has 0 radical (unpaired) electrons. The molecule has 2 aromatic heterocycles. The number of halogens is 1. The number of hydrogen-bond donors (Lipinski definition) is 0. The number of nitrogens with zero attached hydrogens (tertiary/aromatic N) is 3. The van der Waals surface area contributed by atoms with E-state index in [1.807, 2.05) is 12.4 Å². The van der Waals surface area contributed by atoms with E-state index in [4.69, 9.17) is 11.6 Å². The van der Waals surface area contributed by atoms with Gasteiger partial charge in [-0.3, -0.25) is 4.98 Å². The van der Waals surface area contributed by atoms with Crippen LogP contribution in [-0.4, -0.2) is 14.5 Å². The lowest BCUT2D eigenvalue weighted by Crippen LogP contribution is -2.18. The van der Waals surface area contributed by atoms with Crippen LogP contribution < -0.4 is 0 Å². The van der Waals surface area contributed by atoms with E-state index in [-0.39, 0.29) is 0 Å². The maximum atomic E-state index is 6.08. The summed E-state index contributed by atoms with van der Waals surface area (Å²) in [6, 6.07) is 2.69. The number of hydrogen-bond acceptors (Lipinski definition) is 2. The molecule has 0 N–H and O–H groups in total. The minimum absolute atomic E-state index is 0.489. The van der Waals surface area contributed by atoms with Gasteiger partial charge in [0.25, 0.3) is 0 Å². The number of rotatable bonds is 2. The van der Waals surface area contributed by atoms with Crippen LogP contribution in [0.15, 0.2) is 18.5 Å². The van der Waals surface area contributed by atoms with Gasteiger partial charge in [0, 0.05) is 12.2 Å². The average Bonchev–Trinajstić information content (AvgIpc) is 3.10. The summed E-state index contributed by atoms with van der Waals surface area (Å²) in [5.74, 6) is 3.27. The third-order valence-corrected chi connectivity index (χ3v) is 4.96. The number of fused-ring (bicyclic) bond motifs is 3. The summed E-state index contributed by atoms with van der Waals surface area (Å²) in [5, 5.41) is 0. The molecule has 0 aliphatic heterocycles. The van der Waals surface area contributed by atoms with E-state index in [0.717, 1.165) is 23.2 Å². The Balaban J connectivity index is 1.88. The Morgan fingerprint density at radius 2 is 2.28 bits per heavy atom. The standard InChI is InChI=1S/C14H16ClN3/c15-7-14-17-11-8-16-4-3-12(11)18(14)13-6-9-1-2-10(13)5-9/h3-4,8-10,13H,1-2,5-7H2. The zero-order chi connectivity index (χ0) is 12.1. The van der Waals surface area contributed by atoms with Crippen molar-refractivity contribution in [3.05, 3.63) is 24.3 Å². The highest BCUT2D eigenvalue weighted by Crippen LogP contribution is 2.51. The van der Waals surface area contributed by atoms with Crippen LogP contribution in [0.2, 0.25) is 0 Å². The first-order valence-electron chi connectivity index (χ1n) is 6.73. The van der Waals surface area contributed by atoms with Crippen LogP contribution in [0, 0.1) is 11.8 Å². The van der Waals surface area contributed by atoms with Gasteiger partial charge in [-0.15, -0.1) is 11.6 Å². The van der Waals surface area contributed by atoms with Gasteiger partial charge in [-0.25, -0.2) is 4.98 Å². The summed E-state index contributed by atoms with van der Waals surface area (Å²) in [6.07, 6.45) is 9.20. The molecule has 3 unspecified atom stereocenters. The second-order valence-corrected chi connectivity index (χ2v) is 5.91. The molecule has 0 saturated heterocycles. The van der Waals surface area contributed by atoms with E-state index in [0.29, 0.717) is 11.9 Å². The molecule has 0 aromatic carbocycles. The lowest BCUT2D eigenvalue weighted by atomic mass is 9.95. The summed E-state index contributed by atoms with van der Waals surface area (Å²) in [4.78, 5) is 8.79. The molecule has 0 spiro atoms. The number of pyridine rings is 1. The Bertz CT molecular complexity index is 592. The summed E-state index contributed by atoms with van der Waals surface area (Å²) in [6.45, 7) is 0. The molecule has 2 aliphatic carbocycles. The fraction of sp³-hybridized carbons (Fsp3) is 0.571. The molecular weight excluding hydrogens is 246 g/mol. The predicted octanol–water partition coefficient (Wildman–Crippen LogP) is 3.53. The van der Waals surface area contributed by atoms with Crippen LogP contribution in [0.4, 0.5) is 0 Å². The molecule has 94 valence electrons. The third-order valence-electron chi connectivity index (χ3n) is 4.72. The smallest absolute Gasteiger partial charge is 0.125 e. The van der Waals surface area contributed by atoms with Gasteiger partial charge in [0.15, 0.2) is 0 Å². The van der Waals surface area contributed by atoms with Gasteiger partial charge in [-0.1, -0.05) is 6.42 Å². The Morgan fingerprint density at radius 3 is 3.00 bits per heavy atom. The zero-order valence-electron chi connectivity index (χ0n) is 10.2. The van der Waals surface area contributed by atoms with Crippen molar-refractivity contribution in [2.45, 2.75) is 37.6 Å². The van der Waals surface area contributed by atoms with Crippen molar-refractivity contribution in [1.82, 2.24) is 14.5 Å². The van der Waals surface area contributed by atoms with Crippen molar-refractivity contribution in [3.63, 3.8) is 0 Å². The van der Waals surface area contributed by atoms with E-state index in [1.54, 1.807) is 0 Å². The first-order chi connectivity index (χ1) is 8.86. The first-order valence-corrected chi connectivity index (χ1v) is 7.27. The van der Waals surface area contributed by atoms with Gasteiger partial charge in [-0.2, -0.15) is 0 Å². The molecule has 2 aliphatic rings. The molecule has 2 aromatic rings. The molecule has 2 fully saturated rings. The van der Waals surface area contributed by atoms with E-state index >= 15 is 0 Å². The average molecular weight is 262 g/mol. The highest BCUT2D eigenvalue weighted by molar-refractivity contribution is 6.16. The molecule has 2 heterocycles. The van der Waals surface area contributed by atoms with Crippen LogP contribution in [-0.2, 0) is 5.88 Å². The van der Waals surface area contributed by atoms with E-state index < -0.39 is 0 Å². The van der Waals surface area contributed by atoms with E-state index in [9.17, 15) is 0 Å². The van der Waals surface area contributed by atoms with Gasteiger partial charge in [0.2, 0.25) is 0 Å². The Labute approximate surface area is 111 Å². The number of imidazole rings is 1. The fourth-order valence-corrected chi connectivity index (χ4v) is 4.18. The molecule has 4 heteroatoms. The van der Waals surface area contributed by atoms with E-state index in [1.165, 1.54) is 31.2 Å². The summed E-state index contributed by atoms with van der Waals surface area (Å²) in [5.41, 5.74) is 2.19. The Morgan fingerprint density at radius 1 is 1.33 bits per heavy atom. The minimum atomic E-state index is 0.489. The second kappa shape index (κ2) is 3.95. The van der Waals surface area contributed by atoms with Crippen molar-refractivity contribution < 1.29 is 0 Å². The zero-order valence-corrected chi connectivity index (χ0v) is 11.0. The van der Waals surface area contributed by atoms with E-state index in [2.05, 4.69) is 20.6 Å². The molecule has 4 rings (SSSR count). The lowest BCUT2D eigenvalue weighted by Gasteiger charge is -2.25. The van der Waals surface area contributed by atoms with Crippen LogP contribution >= 0.6 is 11.6 Å². The molecule has 18 heavy (non-hydrogen) atoms. The first kappa shape index (κ1) is 10.8. The van der Waals surface area contributed by atoms with Crippen LogP contribution in [0.1, 0.15) is 37.5 Å². The van der Waals surface area contributed by atoms with Gasteiger partial charge in [0.1, 0.15) is 11.3 Å². The van der Waals surface area contributed by atoms with Crippen molar-refractivity contribution in [2.75, 3.05) is 0 Å². The molecular formula is C14H16ClN3. The van der Waals surface area contributed by atoms with Crippen LogP contribution in [0.25, 0.3) is 11.0 Å². The topological polar surface area (TPSA) is 30.7 Å². The molecule has 3 nitrogen and oxygen atoms in total. The Hall–Kier alpha value is -1.09. The highest BCUT2D eigenvalue weighted by Gasteiger charge is 2.41. The maximum Gasteiger partial charge on any atom is 0.125 e. The number of alkyl halides is 1. The quantitative estimate of drug-likeness (QED) is 0.775. The normalized spacial score (nSPS) is 30.4. The highest BCUT2D eigenvalue weighted by atomic mass is 35.5. The third kappa shape index (κ3) is 1.43. The summed E-state index contributed by atoms with van der Waals surface area (Å²) >= 11 is 6.08. The van der Waals surface area contributed by atoms with Crippen molar-refractivity contribution >= 4 is 22.6 Å².